The number of nitrogens with one attached hydrogen (secondary N) is 2. The number of nitrogens with zero attached hydrogens (tertiary/aromatic N) is 1. The van der Waals surface area contributed by atoms with Crippen LogP contribution in [0, 0.1) is 0 Å². The first kappa shape index (κ1) is 14.0. The Hall–Kier alpha value is -2.40. The van der Waals surface area contributed by atoms with Gasteiger partial charge in [-0.3, -0.25) is 4.98 Å². The Bertz CT molecular complexity index is 554. The quantitative estimate of drug-likeness (QED) is 0.780. The lowest BCUT2D eigenvalue weighted by molar-refractivity contribution is 0.259. The minimum absolute atomic E-state index is 0.214. The number of rotatable bonds is 5. The van der Waals surface area contributed by atoms with Crippen LogP contribution >= 0.6 is 0 Å². The van der Waals surface area contributed by atoms with Gasteiger partial charge in [-0.25, -0.2) is 4.79 Å². The number of amides is 2. The Kier molecular flexibility index (Phi) is 4.68. The maximum atomic E-state index is 10.7. The molecular formula is C15H18N4O. The van der Waals surface area contributed by atoms with Gasteiger partial charge in [0.25, 0.3) is 0 Å². The summed E-state index contributed by atoms with van der Waals surface area (Å²) in [5.41, 5.74) is 8.10. The van der Waals surface area contributed by atoms with Gasteiger partial charge in [0.05, 0.1) is 0 Å². The van der Waals surface area contributed by atoms with Crippen LogP contribution < -0.4 is 16.4 Å². The van der Waals surface area contributed by atoms with Gasteiger partial charge in [-0.1, -0.05) is 12.1 Å². The van der Waals surface area contributed by atoms with Gasteiger partial charge in [0.1, 0.15) is 0 Å². The Morgan fingerprint density at radius 2 is 1.85 bits per heavy atom. The van der Waals surface area contributed by atoms with Crippen LogP contribution in [-0.4, -0.2) is 11.0 Å². The molecule has 104 valence electrons. The van der Waals surface area contributed by atoms with Crippen molar-refractivity contribution in [2.24, 2.45) is 5.73 Å². The van der Waals surface area contributed by atoms with Crippen LogP contribution in [0.15, 0.2) is 48.8 Å². The molecule has 0 aliphatic heterocycles. The third-order valence-electron chi connectivity index (χ3n) is 3.04. The summed E-state index contributed by atoms with van der Waals surface area (Å²) >= 11 is 0. The second-order valence-electron chi connectivity index (χ2n) is 4.57. The van der Waals surface area contributed by atoms with E-state index in [4.69, 9.17) is 5.73 Å². The highest BCUT2D eigenvalue weighted by Gasteiger charge is 2.05. The molecule has 2 rings (SSSR count). The summed E-state index contributed by atoms with van der Waals surface area (Å²) in [6.45, 7) is 2.88. The zero-order chi connectivity index (χ0) is 14.4. The number of nitrogens with two attached hydrogens (primary N) is 1. The Morgan fingerprint density at radius 3 is 2.45 bits per heavy atom. The van der Waals surface area contributed by atoms with Crippen molar-refractivity contribution in [2.45, 2.75) is 19.5 Å². The minimum Gasteiger partial charge on any atom is -0.351 e. The number of hydrogen-bond donors (Lipinski definition) is 3. The second kappa shape index (κ2) is 6.68. The van der Waals surface area contributed by atoms with Crippen molar-refractivity contribution in [3.05, 3.63) is 59.9 Å². The van der Waals surface area contributed by atoms with Gasteiger partial charge in [-0.15, -0.1) is 0 Å². The maximum Gasteiger partial charge on any atom is 0.316 e. The summed E-state index contributed by atoms with van der Waals surface area (Å²) < 4.78 is 0. The number of anilines is 1. The molecule has 4 N–H and O–H groups in total. The number of primary amides is 1. The minimum atomic E-state index is -0.554. The van der Waals surface area contributed by atoms with E-state index in [1.165, 1.54) is 5.56 Å². The zero-order valence-electron chi connectivity index (χ0n) is 11.3. The Morgan fingerprint density at radius 1 is 1.20 bits per heavy atom. The van der Waals surface area contributed by atoms with Crippen LogP contribution in [0.5, 0.6) is 0 Å². The van der Waals surface area contributed by atoms with E-state index in [1.54, 1.807) is 12.4 Å². The second-order valence-corrected chi connectivity index (χ2v) is 4.57. The predicted molar refractivity (Wildman–Crippen MR) is 79.1 cm³/mol. The van der Waals surface area contributed by atoms with Crippen molar-refractivity contribution in [1.29, 1.82) is 0 Å². The molecular weight excluding hydrogens is 252 g/mol. The first-order valence-corrected chi connectivity index (χ1v) is 6.44. The fourth-order valence-corrected chi connectivity index (χ4v) is 1.89. The maximum absolute atomic E-state index is 10.7. The largest absolute Gasteiger partial charge is 0.351 e. The van der Waals surface area contributed by atoms with Gasteiger partial charge in [0.2, 0.25) is 0 Å². The van der Waals surface area contributed by atoms with Crippen molar-refractivity contribution in [2.75, 3.05) is 5.32 Å². The third-order valence-corrected chi connectivity index (χ3v) is 3.04. The molecule has 0 spiro atoms. The van der Waals surface area contributed by atoms with Crippen LogP contribution in [-0.2, 0) is 6.54 Å². The molecule has 0 aliphatic carbocycles. The normalized spacial score (nSPS) is 11.8. The molecule has 1 heterocycles. The van der Waals surface area contributed by atoms with E-state index in [0.717, 1.165) is 12.1 Å². The highest BCUT2D eigenvalue weighted by atomic mass is 16.2. The molecule has 5 nitrogen and oxygen atoms in total. The summed E-state index contributed by atoms with van der Waals surface area (Å²) in [6, 6.07) is 11.2. The first-order valence-electron chi connectivity index (χ1n) is 6.44. The Labute approximate surface area is 118 Å². The van der Waals surface area contributed by atoms with Gasteiger partial charge in [-0.2, -0.15) is 0 Å². The molecule has 1 aromatic heterocycles. The van der Waals surface area contributed by atoms with Crippen LogP contribution in [0.1, 0.15) is 24.1 Å². The number of carbonyl (C=O) groups excluding carboxylic acids is 1. The van der Waals surface area contributed by atoms with Gasteiger partial charge in [0.15, 0.2) is 0 Å². The van der Waals surface area contributed by atoms with E-state index in [2.05, 4.69) is 22.5 Å². The van der Waals surface area contributed by atoms with E-state index in [1.807, 2.05) is 36.4 Å². The van der Waals surface area contributed by atoms with Crippen LogP contribution in [0.2, 0.25) is 0 Å². The SMILES string of the molecule is CC(NCc1ccncc1)c1ccc(NC(N)=O)cc1. The average molecular weight is 270 g/mol. The third kappa shape index (κ3) is 4.07. The van der Waals surface area contributed by atoms with Gasteiger partial charge in [0, 0.05) is 30.7 Å². The van der Waals surface area contributed by atoms with Crippen molar-refractivity contribution in [1.82, 2.24) is 10.3 Å². The highest BCUT2D eigenvalue weighted by molar-refractivity contribution is 5.87. The molecule has 0 aliphatic rings. The van der Waals surface area contributed by atoms with Crippen LogP contribution in [0.3, 0.4) is 0 Å². The van der Waals surface area contributed by atoms with Crippen molar-refractivity contribution in [3.8, 4) is 0 Å². The molecule has 0 saturated heterocycles. The lowest BCUT2D eigenvalue weighted by Gasteiger charge is -2.15. The topological polar surface area (TPSA) is 80.0 Å². The van der Waals surface area contributed by atoms with Crippen molar-refractivity contribution < 1.29 is 4.79 Å². The smallest absolute Gasteiger partial charge is 0.316 e. The Balaban J connectivity index is 1.92. The molecule has 20 heavy (non-hydrogen) atoms. The molecule has 0 radical (unpaired) electrons. The molecule has 0 fully saturated rings. The molecule has 5 heteroatoms. The number of urea groups is 1. The van der Waals surface area contributed by atoms with E-state index < -0.39 is 6.03 Å². The first-order chi connectivity index (χ1) is 9.65. The van der Waals surface area contributed by atoms with Crippen molar-refractivity contribution >= 4 is 11.7 Å². The molecule has 0 bridgehead atoms. The summed E-state index contributed by atoms with van der Waals surface area (Å²) in [5, 5.41) is 5.98. The van der Waals surface area contributed by atoms with Crippen molar-refractivity contribution in [3.63, 3.8) is 0 Å². The van der Waals surface area contributed by atoms with Crippen LogP contribution in [0.4, 0.5) is 10.5 Å². The number of pyridine rings is 1. The van der Waals surface area contributed by atoms with E-state index in [9.17, 15) is 4.79 Å². The molecule has 1 atom stereocenters. The molecule has 1 aromatic carbocycles. The molecule has 1 unspecified atom stereocenters. The summed E-state index contributed by atoms with van der Waals surface area (Å²) in [4.78, 5) is 14.7. The predicted octanol–water partition coefficient (Wildman–Crippen LogP) is 2.42. The van der Waals surface area contributed by atoms with Gasteiger partial charge < -0.3 is 16.4 Å². The summed E-state index contributed by atoms with van der Waals surface area (Å²) in [7, 11) is 0. The molecule has 0 saturated carbocycles. The highest BCUT2D eigenvalue weighted by Crippen LogP contribution is 2.16. The fourth-order valence-electron chi connectivity index (χ4n) is 1.89. The zero-order valence-corrected chi connectivity index (χ0v) is 11.3. The molecule has 2 aromatic rings. The average Bonchev–Trinajstić information content (AvgIpc) is 2.46. The van der Waals surface area contributed by atoms with Gasteiger partial charge >= 0.3 is 6.03 Å². The standard InChI is InChI=1S/C15H18N4O/c1-11(18-10-12-6-8-17-9-7-12)13-2-4-14(5-3-13)19-15(16)20/h2-9,11,18H,10H2,1H3,(H3,16,19,20). The molecule has 2 amide bonds. The van der Waals surface area contributed by atoms with Crippen LogP contribution in [0.25, 0.3) is 0 Å². The van der Waals surface area contributed by atoms with E-state index >= 15 is 0 Å². The number of aromatic nitrogens is 1. The number of hydrogen-bond acceptors (Lipinski definition) is 3. The fraction of sp³-hybridized carbons (Fsp3) is 0.200. The number of carbonyl (C=O) groups is 1. The summed E-state index contributed by atoms with van der Waals surface area (Å²) in [5.74, 6) is 0. The lowest BCUT2D eigenvalue weighted by atomic mass is 10.1. The van der Waals surface area contributed by atoms with E-state index in [-0.39, 0.29) is 6.04 Å². The monoisotopic (exact) mass is 270 g/mol. The lowest BCUT2D eigenvalue weighted by Crippen LogP contribution is -2.20. The van der Waals surface area contributed by atoms with Gasteiger partial charge in [-0.05, 0) is 42.3 Å². The summed E-state index contributed by atoms with van der Waals surface area (Å²) in [6.07, 6.45) is 3.57. The number of benzene rings is 1. The van der Waals surface area contributed by atoms with E-state index in [0.29, 0.717) is 5.69 Å².